The molecule has 0 bridgehead atoms. The fourth-order valence-corrected chi connectivity index (χ4v) is 2.58. The number of carbonyl (C=O) groups excluding carboxylic acids is 1. The smallest absolute Gasteiger partial charge is 0.224 e. The second kappa shape index (κ2) is 9.54. The number of anilines is 1. The fraction of sp³-hybridized carbons (Fsp3) is 0.562. The van der Waals surface area contributed by atoms with Crippen molar-refractivity contribution in [2.45, 2.75) is 26.2 Å². The molecule has 5 nitrogen and oxygen atoms in total. The molecule has 0 saturated carbocycles. The first-order valence-corrected chi connectivity index (χ1v) is 7.54. The van der Waals surface area contributed by atoms with E-state index in [1.165, 1.54) is 0 Å². The Kier molecular flexibility index (Phi) is 8.06. The zero-order valence-corrected chi connectivity index (χ0v) is 14.0. The Balaban J connectivity index is 0.00000242. The number of rotatable bonds is 6. The fourth-order valence-electron chi connectivity index (χ4n) is 2.58. The molecule has 0 radical (unpaired) electrons. The number of hydrogen-bond acceptors (Lipinski definition) is 4. The molecule has 0 aromatic heterocycles. The third-order valence-corrected chi connectivity index (χ3v) is 3.68. The molecule has 1 aromatic rings. The van der Waals surface area contributed by atoms with Crippen LogP contribution in [0.1, 0.15) is 26.2 Å². The molecule has 1 saturated heterocycles. The minimum atomic E-state index is 0. The molecule has 2 rings (SSSR count). The lowest BCUT2D eigenvalue weighted by molar-refractivity contribution is -0.117. The van der Waals surface area contributed by atoms with Gasteiger partial charge in [0.15, 0.2) is 11.5 Å². The average molecular weight is 329 g/mol. The molecule has 0 aliphatic carbocycles. The average Bonchev–Trinajstić information content (AvgIpc) is 2.49. The van der Waals surface area contributed by atoms with E-state index in [0.29, 0.717) is 30.4 Å². The highest BCUT2D eigenvalue weighted by Gasteiger charge is 2.17. The van der Waals surface area contributed by atoms with Crippen LogP contribution in [0.2, 0.25) is 0 Å². The van der Waals surface area contributed by atoms with Gasteiger partial charge in [0, 0.05) is 18.2 Å². The Morgan fingerprint density at radius 3 is 2.68 bits per heavy atom. The van der Waals surface area contributed by atoms with Crippen molar-refractivity contribution in [3.63, 3.8) is 0 Å². The molecule has 124 valence electrons. The summed E-state index contributed by atoms with van der Waals surface area (Å²) in [5.41, 5.74) is 0.748. The van der Waals surface area contributed by atoms with Crippen LogP contribution in [0.25, 0.3) is 0 Å². The van der Waals surface area contributed by atoms with E-state index in [1.54, 1.807) is 7.11 Å². The van der Waals surface area contributed by atoms with Crippen LogP contribution in [-0.4, -0.2) is 32.7 Å². The highest BCUT2D eigenvalue weighted by molar-refractivity contribution is 5.91. The summed E-state index contributed by atoms with van der Waals surface area (Å²) < 4.78 is 10.8. The van der Waals surface area contributed by atoms with E-state index in [9.17, 15) is 4.79 Å². The highest BCUT2D eigenvalue weighted by Crippen LogP contribution is 2.30. The van der Waals surface area contributed by atoms with Gasteiger partial charge in [0.1, 0.15) is 0 Å². The Morgan fingerprint density at radius 1 is 1.32 bits per heavy atom. The minimum absolute atomic E-state index is 0. The number of ether oxygens (including phenoxy) is 2. The lowest BCUT2D eigenvalue weighted by Crippen LogP contribution is -2.30. The van der Waals surface area contributed by atoms with Crippen molar-refractivity contribution >= 4 is 24.0 Å². The second-order valence-corrected chi connectivity index (χ2v) is 5.24. The maximum absolute atomic E-state index is 12.1. The predicted octanol–water partition coefficient (Wildman–Crippen LogP) is 2.84. The summed E-state index contributed by atoms with van der Waals surface area (Å²) >= 11 is 0. The van der Waals surface area contributed by atoms with E-state index < -0.39 is 0 Å². The van der Waals surface area contributed by atoms with E-state index in [0.717, 1.165) is 31.6 Å². The van der Waals surface area contributed by atoms with Crippen molar-refractivity contribution in [3.8, 4) is 11.5 Å². The molecule has 1 aliphatic heterocycles. The Hall–Kier alpha value is -1.46. The summed E-state index contributed by atoms with van der Waals surface area (Å²) in [6.07, 6.45) is 2.72. The summed E-state index contributed by atoms with van der Waals surface area (Å²) in [5.74, 6) is 1.87. The van der Waals surface area contributed by atoms with Gasteiger partial charge in [-0.05, 0) is 50.9 Å². The normalized spacial score (nSPS) is 14.8. The van der Waals surface area contributed by atoms with Gasteiger partial charge >= 0.3 is 0 Å². The zero-order valence-electron chi connectivity index (χ0n) is 13.2. The highest BCUT2D eigenvalue weighted by atomic mass is 35.5. The van der Waals surface area contributed by atoms with Crippen molar-refractivity contribution in [2.24, 2.45) is 5.92 Å². The first-order chi connectivity index (χ1) is 10.2. The van der Waals surface area contributed by atoms with Crippen LogP contribution < -0.4 is 20.1 Å². The molecule has 22 heavy (non-hydrogen) atoms. The third kappa shape index (κ3) is 5.39. The molecular formula is C16H25ClN2O3. The summed E-state index contributed by atoms with van der Waals surface area (Å²) in [6, 6.07) is 5.45. The van der Waals surface area contributed by atoms with Gasteiger partial charge in [-0.25, -0.2) is 0 Å². The SMILES string of the molecule is CCOc1cc(NC(=O)CC2CCNCC2)ccc1OC.Cl. The Bertz CT molecular complexity index is 476. The number of benzene rings is 1. The maximum atomic E-state index is 12.1. The largest absolute Gasteiger partial charge is 0.493 e. The van der Waals surface area contributed by atoms with Crippen molar-refractivity contribution in [1.82, 2.24) is 5.32 Å². The van der Waals surface area contributed by atoms with Gasteiger partial charge in [-0.3, -0.25) is 4.79 Å². The molecule has 0 spiro atoms. The van der Waals surface area contributed by atoms with E-state index in [-0.39, 0.29) is 18.3 Å². The minimum Gasteiger partial charge on any atom is -0.493 e. The number of hydrogen-bond donors (Lipinski definition) is 2. The van der Waals surface area contributed by atoms with Crippen molar-refractivity contribution in [2.75, 3.05) is 32.1 Å². The third-order valence-electron chi connectivity index (χ3n) is 3.68. The standard InChI is InChI=1S/C16H24N2O3.ClH/c1-3-21-15-11-13(4-5-14(15)20-2)18-16(19)10-12-6-8-17-9-7-12;/h4-5,11-12,17H,3,6-10H2,1-2H3,(H,18,19);1H. The van der Waals surface area contributed by atoms with E-state index in [1.807, 2.05) is 25.1 Å². The van der Waals surface area contributed by atoms with Gasteiger partial charge in [0.2, 0.25) is 5.91 Å². The number of methoxy groups -OCH3 is 1. The van der Waals surface area contributed by atoms with Crippen LogP contribution in [-0.2, 0) is 4.79 Å². The first-order valence-electron chi connectivity index (χ1n) is 7.54. The van der Waals surface area contributed by atoms with Crippen LogP contribution in [0, 0.1) is 5.92 Å². The topological polar surface area (TPSA) is 59.6 Å². The van der Waals surface area contributed by atoms with Gasteiger partial charge in [-0.15, -0.1) is 12.4 Å². The summed E-state index contributed by atoms with van der Waals surface area (Å²) in [7, 11) is 1.60. The molecular weight excluding hydrogens is 304 g/mol. The number of piperidine rings is 1. The lowest BCUT2D eigenvalue weighted by atomic mass is 9.94. The summed E-state index contributed by atoms with van der Waals surface area (Å²) in [4.78, 5) is 12.1. The van der Waals surface area contributed by atoms with E-state index >= 15 is 0 Å². The second-order valence-electron chi connectivity index (χ2n) is 5.24. The van der Waals surface area contributed by atoms with Gasteiger partial charge in [0.05, 0.1) is 13.7 Å². The molecule has 0 atom stereocenters. The molecule has 1 aromatic carbocycles. The molecule has 6 heteroatoms. The van der Waals surface area contributed by atoms with Crippen LogP contribution >= 0.6 is 12.4 Å². The Labute approximate surface area is 138 Å². The van der Waals surface area contributed by atoms with Crippen LogP contribution in [0.3, 0.4) is 0 Å². The Morgan fingerprint density at radius 2 is 2.05 bits per heavy atom. The predicted molar refractivity (Wildman–Crippen MR) is 90.3 cm³/mol. The first kappa shape index (κ1) is 18.6. The van der Waals surface area contributed by atoms with Crippen LogP contribution in [0.5, 0.6) is 11.5 Å². The molecule has 2 N–H and O–H groups in total. The number of nitrogens with one attached hydrogen (secondary N) is 2. The molecule has 1 aliphatic rings. The molecule has 0 unspecified atom stereocenters. The number of carbonyl (C=O) groups is 1. The summed E-state index contributed by atoms with van der Waals surface area (Å²) in [6.45, 7) is 4.49. The lowest BCUT2D eigenvalue weighted by Gasteiger charge is -2.22. The van der Waals surface area contributed by atoms with Crippen LogP contribution in [0.4, 0.5) is 5.69 Å². The van der Waals surface area contributed by atoms with Crippen molar-refractivity contribution in [3.05, 3.63) is 18.2 Å². The quantitative estimate of drug-likeness (QED) is 0.843. The molecule has 1 fully saturated rings. The monoisotopic (exact) mass is 328 g/mol. The molecule has 1 heterocycles. The van der Waals surface area contributed by atoms with Crippen molar-refractivity contribution < 1.29 is 14.3 Å². The van der Waals surface area contributed by atoms with Gasteiger partial charge in [0.25, 0.3) is 0 Å². The zero-order chi connectivity index (χ0) is 15.1. The van der Waals surface area contributed by atoms with Crippen molar-refractivity contribution in [1.29, 1.82) is 0 Å². The maximum Gasteiger partial charge on any atom is 0.224 e. The van der Waals surface area contributed by atoms with Gasteiger partial charge < -0.3 is 20.1 Å². The van der Waals surface area contributed by atoms with Gasteiger partial charge in [-0.2, -0.15) is 0 Å². The molecule has 1 amide bonds. The van der Waals surface area contributed by atoms with E-state index in [2.05, 4.69) is 10.6 Å². The number of halogens is 1. The van der Waals surface area contributed by atoms with Crippen LogP contribution in [0.15, 0.2) is 18.2 Å². The van der Waals surface area contributed by atoms with Gasteiger partial charge in [-0.1, -0.05) is 0 Å². The van der Waals surface area contributed by atoms with E-state index in [4.69, 9.17) is 9.47 Å². The number of amides is 1. The summed E-state index contributed by atoms with van der Waals surface area (Å²) in [5, 5.41) is 6.25.